The minimum atomic E-state index is -3.41. The lowest BCUT2D eigenvalue weighted by molar-refractivity contribution is -0.136. The third kappa shape index (κ3) is 3.03. The van der Waals surface area contributed by atoms with Gasteiger partial charge in [0, 0.05) is 19.5 Å². The minimum Gasteiger partial charge on any atom is -0.481 e. The van der Waals surface area contributed by atoms with Crippen molar-refractivity contribution in [2.45, 2.75) is 37.0 Å². The van der Waals surface area contributed by atoms with Gasteiger partial charge in [0.15, 0.2) is 0 Å². The van der Waals surface area contributed by atoms with Gasteiger partial charge in [0.2, 0.25) is 10.0 Å². The molecule has 1 N–H and O–H groups in total. The molecule has 120 valence electrons. The molecule has 2 atom stereocenters. The number of nitrogens with zero attached hydrogens (tertiary/aromatic N) is 1. The van der Waals surface area contributed by atoms with Crippen LogP contribution in [-0.2, 0) is 21.2 Å². The third-order valence-corrected chi connectivity index (χ3v) is 6.73. The second kappa shape index (κ2) is 6.01. The van der Waals surface area contributed by atoms with E-state index in [1.165, 1.54) is 6.42 Å². The second-order valence-corrected chi connectivity index (χ2v) is 8.25. The number of aryl methyl sites for hydroxylation is 1. The largest absolute Gasteiger partial charge is 0.481 e. The van der Waals surface area contributed by atoms with Crippen molar-refractivity contribution in [3.05, 3.63) is 29.8 Å². The van der Waals surface area contributed by atoms with E-state index >= 15 is 0 Å². The second-order valence-electron chi connectivity index (χ2n) is 6.31. The Morgan fingerprint density at radius 1 is 1.14 bits per heavy atom. The number of rotatable bonds is 5. The van der Waals surface area contributed by atoms with E-state index in [2.05, 4.69) is 0 Å². The number of hydrogen-bond acceptors (Lipinski definition) is 3. The summed E-state index contributed by atoms with van der Waals surface area (Å²) < 4.78 is 27.0. The molecule has 1 aliphatic heterocycles. The Balaban J connectivity index is 1.71. The topological polar surface area (TPSA) is 74.7 Å². The fourth-order valence-corrected chi connectivity index (χ4v) is 5.17. The maximum atomic E-state index is 12.7. The lowest BCUT2D eigenvalue weighted by Crippen LogP contribution is -2.29. The molecular weight excluding hydrogens is 302 g/mol. The van der Waals surface area contributed by atoms with E-state index in [-0.39, 0.29) is 6.42 Å². The Morgan fingerprint density at radius 2 is 1.73 bits per heavy atom. The van der Waals surface area contributed by atoms with E-state index in [1.54, 1.807) is 28.6 Å². The summed E-state index contributed by atoms with van der Waals surface area (Å²) in [5.74, 6) is 0.217. The van der Waals surface area contributed by atoms with E-state index in [9.17, 15) is 13.2 Å². The van der Waals surface area contributed by atoms with E-state index < -0.39 is 16.0 Å². The van der Waals surface area contributed by atoms with Crippen LogP contribution in [0.2, 0.25) is 0 Å². The van der Waals surface area contributed by atoms with Crippen molar-refractivity contribution in [2.75, 3.05) is 13.1 Å². The van der Waals surface area contributed by atoms with E-state index in [0.29, 0.717) is 36.2 Å². The molecule has 0 aromatic heterocycles. The summed E-state index contributed by atoms with van der Waals surface area (Å²) in [5, 5.41) is 8.68. The Hall–Kier alpha value is -1.40. The van der Waals surface area contributed by atoms with Crippen molar-refractivity contribution in [1.29, 1.82) is 0 Å². The first-order valence-electron chi connectivity index (χ1n) is 7.78. The molecule has 2 fully saturated rings. The zero-order chi connectivity index (χ0) is 15.7. The van der Waals surface area contributed by atoms with Crippen LogP contribution in [0.25, 0.3) is 0 Å². The summed E-state index contributed by atoms with van der Waals surface area (Å²) >= 11 is 0. The molecule has 1 saturated heterocycles. The summed E-state index contributed by atoms with van der Waals surface area (Å²) in [7, 11) is -3.41. The van der Waals surface area contributed by atoms with Gasteiger partial charge >= 0.3 is 5.97 Å². The molecule has 1 saturated carbocycles. The highest BCUT2D eigenvalue weighted by atomic mass is 32.2. The number of carboxylic acid groups (broad SMARTS) is 1. The molecule has 1 heterocycles. The number of benzene rings is 1. The van der Waals surface area contributed by atoms with E-state index in [4.69, 9.17) is 5.11 Å². The van der Waals surface area contributed by atoms with Crippen LogP contribution in [0.4, 0.5) is 0 Å². The minimum absolute atomic E-state index is 0.0571. The first-order chi connectivity index (χ1) is 10.5. The van der Waals surface area contributed by atoms with Gasteiger partial charge in [-0.3, -0.25) is 4.79 Å². The van der Waals surface area contributed by atoms with Gasteiger partial charge in [0.05, 0.1) is 4.90 Å². The molecule has 1 aromatic carbocycles. The van der Waals surface area contributed by atoms with Crippen LogP contribution in [0.1, 0.15) is 31.2 Å². The van der Waals surface area contributed by atoms with Crippen molar-refractivity contribution in [1.82, 2.24) is 4.31 Å². The van der Waals surface area contributed by atoms with Crippen molar-refractivity contribution in [3.63, 3.8) is 0 Å². The average molecular weight is 323 g/mol. The Morgan fingerprint density at radius 3 is 2.27 bits per heavy atom. The molecule has 0 radical (unpaired) electrons. The highest BCUT2D eigenvalue weighted by Gasteiger charge is 2.41. The highest BCUT2D eigenvalue weighted by molar-refractivity contribution is 7.89. The number of hydrogen-bond donors (Lipinski definition) is 1. The first-order valence-corrected chi connectivity index (χ1v) is 9.22. The molecule has 6 heteroatoms. The number of carbonyl (C=O) groups is 1. The highest BCUT2D eigenvalue weighted by Crippen LogP contribution is 2.39. The Bertz CT molecular complexity index is 641. The van der Waals surface area contributed by atoms with Crippen molar-refractivity contribution in [2.24, 2.45) is 11.8 Å². The standard InChI is InChI=1S/C16H21NO4S/c18-16(19)9-6-12-4-7-15(8-5-12)22(20,21)17-10-13-2-1-3-14(13)11-17/h4-5,7-8,13-14H,1-3,6,9-11H2,(H,18,19)/t13-,14-/m1/s1. The SMILES string of the molecule is O=C(O)CCc1ccc(S(=O)(=O)N2C[C@H]3CCC[C@@H]3C2)cc1. The van der Waals surface area contributed by atoms with Crippen molar-refractivity contribution >= 4 is 16.0 Å². The lowest BCUT2D eigenvalue weighted by atomic mass is 10.0. The maximum Gasteiger partial charge on any atom is 0.303 e. The molecular formula is C16H21NO4S. The van der Waals surface area contributed by atoms with Crippen molar-refractivity contribution < 1.29 is 18.3 Å². The van der Waals surface area contributed by atoms with Gasteiger partial charge in [0.25, 0.3) is 0 Å². The van der Waals surface area contributed by atoms with Crippen LogP contribution in [0.3, 0.4) is 0 Å². The van der Waals surface area contributed by atoms with Crippen LogP contribution in [0.15, 0.2) is 29.2 Å². The molecule has 22 heavy (non-hydrogen) atoms. The fourth-order valence-electron chi connectivity index (χ4n) is 3.62. The van der Waals surface area contributed by atoms with Crippen molar-refractivity contribution in [3.8, 4) is 0 Å². The zero-order valence-corrected chi connectivity index (χ0v) is 13.3. The molecule has 3 rings (SSSR count). The average Bonchev–Trinajstić information content (AvgIpc) is 3.07. The van der Waals surface area contributed by atoms with Crippen LogP contribution in [0.5, 0.6) is 0 Å². The zero-order valence-electron chi connectivity index (χ0n) is 12.4. The predicted octanol–water partition coefficient (Wildman–Crippen LogP) is 2.12. The first kappa shape index (κ1) is 15.5. The predicted molar refractivity (Wildman–Crippen MR) is 82.0 cm³/mol. The normalized spacial score (nSPS) is 25.3. The van der Waals surface area contributed by atoms with Gasteiger partial charge in [-0.25, -0.2) is 8.42 Å². The number of carboxylic acids is 1. The Kier molecular flexibility index (Phi) is 4.23. The monoisotopic (exact) mass is 323 g/mol. The van der Waals surface area contributed by atoms with Crippen LogP contribution in [-0.4, -0.2) is 36.9 Å². The number of fused-ring (bicyclic) bond motifs is 1. The Labute approximate surface area is 131 Å². The van der Waals surface area contributed by atoms with Crippen LogP contribution >= 0.6 is 0 Å². The van der Waals surface area contributed by atoms with Crippen LogP contribution in [0, 0.1) is 11.8 Å². The summed E-state index contributed by atoms with van der Waals surface area (Å²) in [5.41, 5.74) is 0.847. The molecule has 5 nitrogen and oxygen atoms in total. The van der Waals surface area contributed by atoms with E-state index in [0.717, 1.165) is 18.4 Å². The van der Waals surface area contributed by atoms with Gasteiger partial charge in [0.1, 0.15) is 0 Å². The molecule has 0 unspecified atom stereocenters. The lowest BCUT2D eigenvalue weighted by Gasteiger charge is -2.17. The molecule has 0 bridgehead atoms. The van der Waals surface area contributed by atoms with Gasteiger partial charge in [-0.05, 0) is 48.8 Å². The quantitative estimate of drug-likeness (QED) is 0.901. The van der Waals surface area contributed by atoms with Gasteiger partial charge in [-0.1, -0.05) is 18.6 Å². The van der Waals surface area contributed by atoms with Gasteiger partial charge in [-0.2, -0.15) is 4.31 Å². The summed E-state index contributed by atoms with van der Waals surface area (Å²) in [6.45, 7) is 1.29. The number of aliphatic carboxylic acids is 1. The van der Waals surface area contributed by atoms with Crippen LogP contribution < -0.4 is 0 Å². The fraction of sp³-hybridized carbons (Fsp3) is 0.562. The molecule has 1 aliphatic carbocycles. The van der Waals surface area contributed by atoms with E-state index in [1.807, 2.05) is 0 Å². The molecule has 2 aliphatic rings. The summed E-state index contributed by atoms with van der Waals surface area (Å²) in [6, 6.07) is 6.63. The summed E-state index contributed by atoms with van der Waals surface area (Å²) in [6.07, 6.45) is 3.99. The van der Waals surface area contributed by atoms with Gasteiger partial charge < -0.3 is 5.11 Å². The number of sulfonamides is 1. The van der Waals surface area contributed by atoms with Gasteiger partial charge in [-0.15, -0.1) is 0 Å². The third-order valence-electron chi connectivity index (χ3n) is 4.88. The smallest absolute Gasteiger partial charge is 0.303 e. The summed E-state index contributed by atoms with van der Waals surface area (Å²) in [4.78, 5) is 10.9. The molecule has 0 spiro atoms. The molecule has 1 aromatic rings. The molecule has 0 amide bonds. The maximum absolute atomic E-state index is 12.7.